The van der Waals surface area contributed by atoms with Crippen LogP contribution in [0.15, 0.2) is 24.4 Å². The lowest BCUT2D eigenvalue weighted by atomic mass is 10.2. The predicted molar refractivity (Wildman–Crippen MR) is 62.0 cm³/mol. The lowest BCUT2D eigenvalue weighted by Crippen LogP contribution is -2.05. The molecule has 0 saturated carbocycles. The van der Waals surface area contributed by atoms with Crippen LogP contribution in [0.2, 0.25) is 0 Å². The number of aryl methyl sites for hydroxylation is 2. The highest BCUT2D eigenvalue weighted by Gasteiger charge is 2.04. The van der Waals surface area contributed by atoms with Crippen LogP contribution in [0.5, 0.6) is 0 Å². The number of hydrogen-bond donors (Lipinski definition) is 1. The zero-order chi connectivity index (χ0) is 11.0. The van der Waals surface area contributed by atoms with Crippen LogP contribution in [0, 0.1) is 6.92 Å². The second-order valence-corrected chi connectivity index (χ2v) is 3.84. The van der Waals surface area contributed by atoms with Gasteiger partial charge in [0, 0.05) is 36.8 Å². The monoisotopic (exact) mass is 202 g/mol. The first-order valence-electron chi connectivity index (χ1n) is 4.91. The number of carbonyl (C=O) groups is 1. The number of aromatic nitrogens is 1. The van der Waals surface area contributed by atoms with Gasteiger partial charge in [-0.2, -0.15) is 0 Å². The first kappa shape index (κ1) is 9.77. The molecular formula is C12H14N2O. The third kappa shape index (κ3) is 1.73. The summed E-state index contributed by atoms with van der Waals surface area (Å²) in [6.45, 7) is 3.59. The highest BCUT2D eigenvalue weighted by Crippen LogP contribution is 2.23. The molecule has 78 valence electrons. The highest BCUT2D eigenvalue weighted by molar-refractivity contribution is 5.93. The van der Waals surface area contributed by atoms with Gasteiger partial charge in [0.25, 0.3) is 0 Å². The van der Waals surface area contributed by atoms with Crippen LogP contribution in [0.1, 0.15) is 12.5 Å². The first-order valence-corrected chi connectivity index (χ1v) is 4.91. The highest BCUT2D eigenvalue weighted by atomic mass is 16.1. The number of rotatable bonds is 1. The first-order chi connectivity index (χ1) is 7.08. The molecule has 0 radical (unpaired) electrons. The Bertz CT molecular complexity index is 526. The molecule has 1 N–H and O–H groups in total. The largest absolute Gasteiger partial charge is 0.350 e. The lowest BCUT2D eigenvalue weighted by molar-refractivity contribution is -0.114. The Hall–Kier alpha value is -1.77. The molecule has 3 nitrogen and oxygen atoms in total. The molecule has 0 unspecified atom stereocenters. The van der Waals surface area contributed by atoms with Crippen molar-refractivity contribution in [2.45, 2.75) is 13.8 Å². The molecule has 1 amide bonds. The van der Waals surface area contributed by atoms with Crippen LogP contribution in [-0.2, 0) is 11.8 Å². The van der Waals surface area contributed by atoms with E-state index < -0.39 is 0 Å². The summed E-state index contributed by atoms with van der Waals surface area (Å²) in [5.74, 6) is -0.0389. The van der Waals surface area contributed by atoms with E-state index in [4.69, 9.17) is 0 Å². The van der Waals surface area contributed by atoms with E-state index in [1.54, 1.807) is 0 Å². The van der Waals surface area contributed by atoms with Crippen molar-refractivity contribution in [3.63, 3.8) is 0 Å². The molecule has 0 aliphatic rings. The molecule has 1 aromatic carbocycles. The molecule has 0 atom stereocenters. The molecule has 0 fully saturated rings. The number of carbonyl (C=O) groups excluding carboxylic acids is 1. The number of fused-ring (bicyclic) bond motifs is 1. The van der Waals surface area contributed by atoms with Gasteiger partial charge >= 0.3 is 0 Å². The van der Waals surface area contributed by atoms with E-state index in [1.807, 2.05) is 25.2 Å². The molecular weight excluding hydrogens is 188 g/mol. The van der Waals surface area contributed by atoms with E-state index in [9.17, 15) is 4.79 Å². The van der Waals surface area contributed by atoms with Gasteiger partial charge in [-0.15, -0.1) is 0 Å². The van der Waals surface area contributed by atoms with Gasteiger partial charge in [0.05, 0.1) is 0 Å². The smallest absolute Gasteiger partial charge is 0.221 e. The number of benzene rings is 1. The van der Waals surface area contributed by atoms with Gasteiger partial charge < -0.3 is 9.88 Å². The van der Waals surface area contributed by atoms with Crippen LogP contribution < -0.4 is 5.32 Å². The fraction of sp³-hybridized carbons (Fsp3) is 0.250. The van der Waals surface area contributed by atoms with Crippen molar-refractivity contribution in [3.8, 4) is 0 Å². The summed E-state index contributed by atoms with van der Waals surface area (Å²) in [5, 5.41) is 3.97. The summed E-state index contributed by atoms with van der Waals surface area (Å²) in [4.78, 5) is 10.9. The lowest BCUT2D eigenvalue weighted by Gasteiger charge is -2.02. The minimum Gasteiger partial charge on any atom is -0.350 e. The van der Waals surface area contributed by atoms with E-state index in [0.717, 1.165) is 5.69 Å². The van der Waals surface area contributed by atoms with Gasteiger partial charge in [0.1, 0.15) is 0 Å². The Kier molecular flexibility index (Phi) is 2.23. The summed E-state index contributed by atoms with van der Waals surface area (Å²) >= 11 is 0. The van der Waals surface area contributed by atoms with Gasteiger partial charge in [-0.3, -0.25) is 4.79 Å². The maximum absolute atomic E-state index is 10.9. The number of hydrogen-bond acceptors (Lipinski definition) is 1. The van der Waals surface area contributed by atoms with Crippen molar-refractivity contribution in [2.24, 2.45) is 7.05 Å². The number of nitrogens with zero attached hydrogens (tertiary/aromatic N) is 1. The predicted octanol–water partition coefficient (Wildman–Crippen LogP) is 2.45. The Morgan fingerprint density at radius 1 is 1.40 bits per heavy atom. The average molecular weight is 202 g/mol. The number of anilines is 1. The fourth-order valence-corrected chi connectivity index (χ4v) is 1.87. The molecule has 2 rings (SSSR count). The summed E-state index contributed by atoms with van der Waals surface area (Å²) in [6, 6.07) is 5.95. The van der Waals surface area contributed by atoms with Crippen LogP contribution in [0.3, 0.4) is 0 Å². The Balaban J connectivity index is 2.55. The Labute approximate surface area is 88.7 Å². The van der Waals surface area contributed by atoms with E-state index in [1.165, 1.54) is 23.4 Å². The van der Waals surface area contributed by atoms with Gasteiger partial charge in [0.2, 0.25) is 5.91 Å². The third-order valence-corrected chi connectivity index (χ3v) is 2.51. The minimum absolute atomic E-state index is 0.0389. The second kappa shape index (κ2) is 3.42. The van der Waals surface area contributed by atoms with Crippen molar-refractivity contribution in [1.82, 2.24) is 4.57 Å². The van der Waals surface area contributed by atoms with Crippen molar-refractivity contribution >= 4 is 22.5 Å². The van der Waals surface area contributed by atoms with Crippen molar-refractivity contribution in [1.29, 1.82) is 0 Å². The van der Waals surface area contributed by atoms with Gasteiger partial charge in [-0.25, -0.2) is 0 Å². The molecule has 0 aliphatic carbocycles. The number of nitrogens with one attached hydrogen (secondary N) is 1. The van der Waals surface area contributed by atoms with Crippen molar-refractivity contribution in [2.75, 3.05) is 5.32 Å². The average Bonchev–Trinajstić information content (AvgIpc) is 2.41. The van der Waals surface area contributed by atoms with Crippen molar-refractivity contribution < 1.29 is 4.79 Å². The van der Waals surface area contributed by atoms with E-state index in [-0.39, 0.29) is 5.91 Å². The zero-order valence-electron chi connectivity index (χ0n) is 9.16. The summed E-state index contributed by atoms with van der Waals surface area (Å²) in [7, 11) is 2.02. The van der Waals surface area contributed by atoms with E-state index >= 15 is 0 Å². The molecule has 0 saturated heterocycles. The molecule has 0 bridgehead atoms. The van der Waals surface area contributed by atoms with Gasteiger partial charge in [-0.05, 0) is 30.7 Å². The Morgan fingerprint density at radius 2 is 2.13 bits per heavy atom. The minimum atomic E-state index is -0.0389. The molecule has 3 heteroatoms. The maximum Gasteiger partial charge on any atom is 0.221 e. The van der Waals surface area contributed by atoms with E-state index in [0.29, 0.717) is 0 Å². The third-order valence-electron chi connectivity index (χ3n) is 2.51. The Morgan fingerprint density at radius 3 is 2.80 bits per heavy atom. The fourth-order valence-electron chi connectivity index (χ4n) is 1.87. The topological polar surface area (TPSA) is 34.0 Å². The quantitative estimate of drug-likeness (QED) is 0.757. The van der Waals surface area contributed by atoms with Crippen LogP contribution >= 0.6 is 0 Å². The summed E-state index contributed by atoms with van der Waals surface area (Å²) in [5.41, 5.74) is 3.26. The molecule has 15 heavy (non-hydrogen) atoms. The number of amides is 1. The standard InChI is InChI=1S/C12H14N2O/c1-8-7-14(3)12-5-4-10(6-11(8)12)13-9(2)15/h4-7H,1-3H3,(H,13,15). The summed E-state index contributed by atoms with van der Waals surface area (Å²) in [6.07, 6.45) is 2.09. The maximum atomic E-state index is 10.9. The van der Waals surface area contributed by atoms with E-state index in [2.05, 4.69) is 23.0 Å². The summed E-state index contributed by atoms with van der Waals surface area (Å²) < 4.78 is 2.09. The molecule has 2 aromatic rings. The SMILES string of the molecule is CC(=O)Nc1ccc2c(c1)c(C)cn2C. The zero-order valence-corrected chi connectivity index (χ0v) is 9.16. The molecule has 1 aromatic heterocycles. The van der Waals surface area contributed by atoms with Gasteiger partial charge in [0.15, 0.2) is 0 Å². The normalized spacial score (nSPS) is 10.6. The molecule has 0 aliphatic heterocycles. The second-order valence-electron chi connectivity index (χ2n) is 3.84. The van der Waals surface area contributed by atoms with Crippen molar-refractivity contribution in [3.05, 3.63) is 30.0 Å². The molecule has 0 spiro atoms. The van der Waals surface area contributed by atoms with Gasteiger partial charge in [-0.1, -0.05) is 0 Å². The van der Waals surface area contributed by atoms with Crippen LogP contribution in [0.25, 0.3) is 10.9 Å². The van der Waals surface area contributed by atoms with Crippen LogP contribution in [-0.4, -0.2) is 10.5 Å². The molecule has 1 heterocycles. The van der Waals surface area contributed by atoms with Crippen LogP contribution in [0.4, 0.5) is 5.69 Å².